The number of nitrogens with zero attached hydrogens (tertiary/aromatic N) is 1. The first-order valence-corrected chi connectivity index (χ1v) is 9.11. The van der Waals surface area contributed by atoms with Crippen LogP contribution in [0.3, 0.4) is 0 Å². The SMILES string of the molecule is O=C(NCc1ccccc1F)N1Cc2ccccc2C(c2ccccc2)C1. The topological polar surface area (TPSA) is 32.3 Å². The molecule has 0 fully saturated rings. The van der Waals surface area contributed by atoms with Crippen LogP contribution in [0.2, 0.25) is 0 Å². The first-order chi connectivity index (χ1) is 13.2. The number of urea groups is 1. The normalized spacial score (nSPS) is 15.9. The van der Waals surface area contributed by atoms with Gasteiger partial charge in [-0.25, -0.2) is 9.18 Å². The fourth-order valence-electron chi connectivity index (χ4n) is 3.66. The summed E-state index contributed by atoms with van der Waals surface area (Å²) in [6.45, 7) is 1.34. The molecule has 1 heterocycles. The molecule has 0 bridgehead atoms. The molecular weight excluding hydrogens is 339 g/mol. The van der Waals surface area contributed by atoms with E-state index in [2.05, 4.69) is 29.6 Å². The number of hydrogen-bond donors (Lipinski definition) is 1. The van der Waals surface area contributed by atoms with Crippen molar-refractivity contribution in [3.8, 4) is 0 Å². The Morgan fingerprint density at radius 3 is 2.48 bits per heavy atom. The molecule has 3 nitrogen and oxygen atoms in total. The van der Waals surface area contributed by atoms with Crippen molar-refractivity contribution < 1.29 is 9.18 Å². The Bertz CT molecular complexity index is 942. The van der Waals surface area contributed by atoms with Crippen molar-refractivity contribution in [2.45, 2.75) is 19.0 Å². The lowest BCUT2D eigenvalue weighted by atomic mass is 9.85. The molecule has 0 saturated heterocycles. The maximum Gasteiger partial charge on any atom is 0.317 e. The summed E-state index contributed by atoms with van der Waals surface area (Å²) in [5.74, 6) is -0.167. The lowest BCUT2D eigenvalue weighted by Gasteiger charge is -2.35. The summed E-state index contributed by atoms with van der Waals surface area (Å²) in [7, 11) is 0. The second-order valence-corrected chi connectivity index (χ2v) is 6.79. The number of amides is 2. The summed E-state index contributed by atoms with van der Waals surface area (Å²) in [5.41, 5.74) is 4.10. The smallest absolute Gasteiger partial charge is 0.317 e. The molecule has 1 aliphatic heterocycles. The van der Waals surface area contributed by atoms with Gasteiger partial charge in [0.25, 0.3) is 0 Å². The van der Waals surface area contributed by atoms with Gasteiger partial charge in [-0.1, -0.05) is 72.8 Å². The molecular formula is C23H21FN2O. The Hall–Kier alpha value is -3.14. The third-order valence-electron chi connectivity index (χ3n) is 5.07. The Morgan fingerprint density at radius 2 is 1.67 bits per heavy atom. The van der Waals surface area contributed by atoms with E-state index in [1.807, 2.05) is 30.3 Å². The van der Waals surface area contributed by atoms with Gasteiger partial charge in [0.05, 0.1) is 0 Å². The van der Waals surface area contributed by atoms with Gasteiger partial charge in [-0.05, 0) is 22.8 Å². The van der Waals surface area contributed by atoms with Gasteiger partial charge in [-0.15, -0.1) is 0 Å². The van der Waals surface area contributed by atoms with Crippen LogP contribution < -0.4 is 5.32 Å². The van der Waals surface area contributed by atoms with Crippen LogP contribution in [0.15, 0.2) is 78.9 Å². The number of fused-ring (bicyclic) bond motifs is 1. The number of rotatable bonds is 3. The molecule has 1 aliphatic rings. The molecule has 27 heavy (non-hydrogen) atoms. The van der Waals surface area contributed by atoms with Crippen LogP contribution in [-0.2, 0) is 13.1 Å². The number of hydrogen-bond acceptors (Lipinski definition) is 1. The van der Waals surface area contributed by atoms with Crippen LogP contribution in [-0.4, -0.2) is 17.5 Å². The van der Waals surface area contributed by atoms with Crippen molar-refractivity contribution in [3.63, 3.8) is 0 Å². The highest BCUT2D eigenvalue weighted by Crippen LogP contribution is 2.33. The van der Waals surface area contributed by atoms with Gasteiger partial charge < -0.3 is 10.2 Å². The van der Waals surface area contributed by atoms with Gasteiger partial charge >= 0.3 is 6.03 Å². The zero-order valence-corrected chi connectivity index (χ0v) is 14.9. The van der Waals surface area contributed by atoms with Crippen molar-refractivity contribution in [1.82, 2.24) is 10.2 Å². The summed E-state index contributed by atoms with van der Waals surface area (Å²) in [4.78, 5) is 14.6. The maximum atomic E-state index is 13.8. The van der Waals surface area contributed by atoms with Gasteiger partial charge in [0.15, 0.2) is 0 Å². The van der Waals surface area contributed by atoms with Crippen molar-refractivity contribution in [2.24, 2.45) is 0 Å². The van der Waals surface area contributed by atoms with E-state index in [-0.39, 0.29) is 24.3 Å². The van der Waals surface area contributed by atoms with Crippen LogP contribution in [0.1, 0.15) is 28.2 Å². The molecule has 0 aromatic heterocycles. The largest absolute Gasteiger partial charge is 0.334 e. The summed E-state index contributed by atoms with van der Waals surface area (Å²) in [6, 6.07) is 24.8. The van der Waals surface area contributed by atoms with E-state index in [0.717, 1.165) is 5.56 Å². The van der Waals surface area contributed by atoms with E-state index < -0.39 is 0 Å². The number of carbonyl (C=O) groups is 1. The zero-order chi connectivity index (χ0) is 18.6. The average molecular weight is 360 g/mol. The summed E-state index contributed by atoms with van der Waals surface area (Å²) >= 11 is 0. The lowest BCUT2D eigenvalue weighted by molar-refractivity contribution is 0.188. The van der Waals surface area contributed by atoms with Crippen LogP contribution >= 0.6 is 0 Å². The standard InChI is InChI=1S/C23H21FN2O/c24-22-13-7-5-10-18(22)14-25-23(27)26-15-19-11-4-6-12-20(19)21(16-26)17-8-2-1-3-9-17/h1-13,21H,14-16H2,(H,25,27). The Balaban J connectivity index is 1.54. The molecule has 1 unspecified atom stereocenters. The van der Waals surface area contributed by atoms with Crippen molar-refractivity contribution in [2.75, 3.05) is 6.54 Å². The number of halogens is 1. The molecule has 1 N–H and O–H groups in total. The van der Waals surface area contributed by atoms with E-state index in [1.165, 1.54) is 17.2 Å². The quantitative estimate of drug-likeness (QED) is 0.722. The van der Waals surface area contributed by atoms with E-state index in [9.17, 15) is 9.18 Å². The molecule has 4 rings (SSSR count). The molecule has 0 aliphatic carbocycles. The molecule has 0 saturated carbocycles. The monoisotopic (exact) mass is 360 g/mol. The first kappa shape index (κ1) is 17.3. The van der Waals surface area contributed by atoms with Crippen LogP contribution in [0.4, 0.5) is 9.18 Å². The fraction of sp³-hybridized carbons (Fsp3) is 0.174. The molecule has 4 heteroatoms. The van der Waals surface area contributed by atoms with E-state index in [0.29, 0.717) is 18.7 Å². The molecule has 136 valence electrons. The minimum Gasteiger partial charge on any atom is -0.334 e. The minimum absolute atomic E-state index is 0.135. The molecule has 0 radical (unpaired) electrons. The predicted molar refractivity (Wildman–Crippen MR) is 104 cm³/mol. The third-order valence-corrected chi connectivity index (χ3v) is 5.07. The summed E-state index contributed by atoms with van der Waals surface area (Å²) in [6.07, 6.45) is 0. The van der Waals surface area contributed by atoms with E-state index >= 15 is 0 Å². The highest BCUT2D eigenvalue weighted by Gasteiger charge is 2.28. The number of nitrogens with one attached hydrogen (secondary N) is 1. The van der Waals surface area contributed by atoms with Crippen LogP contribution in [0.25, 0.3) is 0 Å². The first-order valence-electron chi connectivity index (χ1n) is 9.11. The Kier molecular flexibility index (Phi) is 4.88. The Morgan fingerprint density at radius 1 is 0.963 bits per heavy atom. The third kappa shape index (κ3) is 3.70. The van der Waals surface area contributed by atoms with Gasteiger partial charge in [0, 0.05) is 31.1 Å². The van der Waals surface area contributed by atoms with Gasteiger partial charge in [-0.3, -0.25) is 0 Å². The zero-order valence-electron chi connectivity index (χ0n) is 14.9. The molecule has 0 spiro atoms. The highest BCUT2D eigenvalue weighted by atomic mass is 19.1. The molecule has 1 atom stereocenters. The van der Waals surface area contributed by atoms with Gasteiger partial charge in [0.1, 0.15) is 5.82 Å². The van der Waals surface area contributed by atoms with Crippen molar-refractivity contribution >= 4 is 6.03 Å². The lowest BCUT2D eigenvalue weighted by Crippen LogP contribution is -2.44. The average Bonchev–Trinajstić information content (AvgIpc) is 2.73. The molecule has 3 aromatic carbocycles. The van der Waals surface area contributed by atoms with Crippen molar-refractivity contribution in [1.29, 1.82) is 0 Å². The van der Waals surface area contributed by atoms with Gasteiger partial charge in [-0.2, -0.15) is 0 Å². The highest BCUT2D eigenvalue weighted by molar-refractivity contribution is 5.75. The van der Waals surface area contributed by atoms with Crippen LogP contribution in [0, 0.1) is 5.82 Å². The number of carbonyl (C=O) groups excluding carboxylic acids is 1. The van der Waals surface area contributed by atoms with E-state index in [1.54, 1.807) is 23.1 Å². The predicted octanol–water partition coefficient (Wildman–Crippen LogP) is 4.68. The second kappa shape index (κ2) is 7.62. The molecule has 2 amide bonds. The van der Waals surface area contributed by atoms with Crippen molar-refractivity contribution in [3.05, 3.63) is 107 Å². The fourth-order valence-corrected chi connectivity index (χ4v) is 3.66. The van der Waals surface area contributed by atoms with Crippen LogP contribution in [0.5, 0.6) is 0 Å². The molecule has 3 aromatic rings. The Labute approximate surface area is 158 Å². The minimum atomic E-state index is -0.302. The maximum absolute atomic E-state index is 13.8. The van der Waals surface area contributed by atoms with Gasteiger partial charge in [0.2, 0.25) is 0 Å². The van der Waals surface area contributed by atoms with E-state index in [4.69, 9.17) is 0 Å². The summed E-state index contributed by atoms with van der Waals surface area (Å²) < 4.78 is 13.8. The number of benzene rings is 3. The summed E-state index contributed by atoms with van der Waals surface area (Å²) in [5, 5.41) is 2.86. The second-order valence-electron chi connectivity index (χ2n) is 6.79.